The summed E-state index contributed by atoms with van der Waals surface area (Å²) in [6.07, 6.45) is -2.31. The number of H-pyrrole nitrogens is 2. The SMILES string of the molecule is O=C(Nc1ccc2[nH]c(=O)[nH]c2c1)c1csc(C2CCN(C(=O)CCc3ccc(C(F)(F)F)cc3)CC2)n1. The summed E-state index contributed by atoms with van der Waals surface area (Å²) in [5, 5.41) is 5.35. The molecule has 1 aliphatic heterocycles. The van der Waals surface area contributed by atoms with Crippen molar-refractivity contribution < 1.29 is 22.8 Å². The van der Waals surface area contributed by atoms with Gasteiger partial charge in [0.25, 0.3) is 5.91 Å². The van der Waals surface area contributed by atoms with Gasteiger partial charge in [-0.05, 0) is 55.2 Å². The molecule has 38 heavy (non-hydrogen) atoms. The number of amides is 2. The highest BCUT2D eigenvalue weighted by Gasteiger charge is 2.30. The lowest BCUT2D eigenvalue weighted by Crippen LogP contribution is -2.38. The van der Waals surface area contributed by atoms with Gasteiger partial charge in [0, 0.05) is 36.5 Å². The van der Waals surface area contributed by atoms with Crippen LogP contribution in [0.4, 0.5) is 18.9 Å². The highest BCUT2D eigenvalue weighted by Crippen LogP contribution is 2.31. The van der Waals surface area contributed by atoms with Crippen molar-refractivity contribution in [2.75, 3.05) is 18.4 Å². The number of nitrogens with one attached hydrogen (secondary N) is 3. The van der Waals surface area contributed by atoms with Gasteiger partial charge >= 0.3 is 11.9 Å². The maximum atomic E-state index is 12.7. The number of anilines is 1. The maximum Gasteiger partial charge on any atom is 0.416 e. The average molecular weight is 544 g/mol. The molecule has 0 unspecified atom stereocenters. The van der Waals surface area contributed by atoms with Gasteiger partial charge in [-0.1, -0.05) is 12.1 Å². The molecule has 0 aliphatic carbocycles. The first-order chi connectivity index (χ1) is 18.2. The molecule has 1 aliphatic rings. The van der Waals surface area contributed by atoms with Gasteiger partial charge in [-0.2, -0.15) is 13.2 Å². The maximum absolute atomic E-state index is 12.7. The molecular formula is C26H24F3N5O3S. The third-order valence-electron chi connectivity index (χ3n) is 6.63. The number of piperidine rings is 1. The summed E-state index contributed by atoms with van der Waals surface area (Å²) >= 11 is 1.41. The van der Waals surface area contributed by atoms with Crippen molar-refractivity contribution in [1.82, 2.24) is 19.9 Å². The second-order valence-electron chi connectivity index (χ2n) is 9.21. The van der Waals surface area contributed by atoms with Crippen LogP contribution in [0.3, 0.4) is 0 Å². The standard InChI is InChI=1S/C26H24F3N5O3S/c27-26(28,29)17-4-1-15(2-5-17)3-8-22(35)34-11-9-16(10-12-34)24-31-21(14-38-24)23(36)30-18-6-7-19-20(13-18)33-25(37)32-19/h1-2,4-7,13-14,16H,3,8-12H2,(H,30,36)(H2,32,33,37). The largest absolute Gasteiger partial charge is 0.416 e. The van der Waals surface area contributed by atoms with Gasteiger partial charge in [0.05, 0.1) is 21.6 Å². The number of aryl methyl sites for hydroxylation is 1. The Morgan fingerprint density at radius 1 is 1.05 bits per heavy atom. The molecule has 5 rings (SSSR count). The number of alkyl halides is 3. The second kappa shape index (κ2) is 10.4. The van der Waals surface area contributed by atoms with Gasteiger partial charge < -0.3 is 20.2 Å². The second-order valence-corrected chi connectivity index (χ2v) is 10.1. The molecule has 0 saturated carbocycles. The molecule has 3 heterocycles. The van der Waals surface area contributed by atoms with E-state index in [0.717, 1.165) is 30.0 Å². The Hall–Kier alpha value is -3.93. The Balaban J connectivity index is 1.11. The van der Waals surface area contributed by atoms with Crippen LogP contribution in [0.2, 0.25) is 0 Å². The van der Waals surface area contributed by atoms with E-state index < -0.39 is 11.7 Å². The molecule has 12 heteroatoms. The van der Waals surface area contributed by atoms with E-state index in [4.69, 9.17) is 0 Å². The Morgan fingerprint density at radius 2 is 1.76 bits per heavy atom. The lowest BCUT2D eigenvalue weighted by atomic mass is 9.97. The van der Waals surface area contributed by atoms with Crippen molar-refractivity contribution in [3.05, 3.63) is 80.2 Å². The van der Waals surface area contributed by atoms with E-state index in [0.29, 0.717) is 47.5 Å². The number of carbonyl (C=O) groups excluding carboxylic acids is 2. The zero-order valence-electron chi connectivity index (χ0n) is 20.1. The molecule has 0 bridgehead atoms. The Labute approximate surface area is 218 Å². The van der Waals surface area contributed by atoms with Gasteiger partial charge in [0.2, 0.25) is 5.91 Å². The summed E-state index contributed by atoms with van der Waals surface area (Å²) in [6, 6.07) is 9.97. The normalized spacial score (nSPS) is 14.7. The highest BCUT2D eigenvalue weighted by atomic mass is 32.1. The molecule has 2 aromatic carbocycles. The quantitative estimate of drug-likeness (QED) is 0.321. The zero-order valence-corrected chi connectivity index (χ0v) is 20.9. The van der Waals surface area contributed by atoms with E-state index in [2.05, 4.69) is 20.3 Å². The van der Waals surface area contributed by atoms with E-state index >= 15 is 0 Å². The number of rotatable bonds is 6. The molecule has 3 N–H and O–H groups in total. The molecular weight excluding hydrogens is 519 g/mol. The topological polar surface area (TPSA) is 111 Å². The average Bonchev–Trinajstić information content (AvgIpc) is 3.53. The highest BCUT2D eigenvalue weighted by molar-refractivity contribution is 7.10. The summed E-state index contributed by atoms with van der Waals surface area (Å²) in [6.45, 7) is 1.12. The van der Waals surface area contributed by atoms with Gasteiger partial charge in [-0.3, -0.25) is 9.59 Å². The van der Waals surface area contributed by atoms with Gasteiger partial charge in [0.1, 0.15) is 5.69 Å². The van der Waals surface area contributed by atoms with Crippen molar-refractivity contribution in [2.24, 2.45) is 0 Å². The fraction of sp³-hybridized carbons (Fsp3) is 0.308. The summed E-state index contributed by atoms with van der Waals surface area (Å²) < 4.78 is 38.1. The number of hydrogen-bond acceptors (Lipinski definition) is 5. The molecule has 1 fully saturated rings. The fourth-order valence-corrected chi connectivity index (χ4v) is 5.50. The van der Waals surface area contributed by atoms with Crippen LogP contribution in [0.1, 0.15) is 51.8 Å². The number of hydrogen-bond donors (Lipinski definition) is 3. The van der Waals surface area contributed by atoms with Gasteiger partial charge in [0.15, 0.2) is 0 Å². The minimum atomic E-state index is -4.37. The lowest BCUT2D eigenvalue weighted by molar-refractivity contribution is -0.137. The van der Waals surface area contributed by atoms with Gasteiger partial charge in [-0.15, -0.1) is 11.3 Å². The number of fused-ring (bicyclic) bond motifs is 1. The minimum Gasteiger partial charge on any atom is -0.343 e. The number of halogens is 3. The predicted molar refractivity (Wildman–Crippen MR) is 137 cm³/mol. The molecule has 0 atom stereocenters. The first-order valence-corrected chi connectivity index (χ1v) is 13.0. The van der Waals surface area contributed by atoms with Crippen molar-refractivity contribution >= 4 is 39.9 Å². The molecule has 1 saturated heterocycles. The lowest BCUT2D eigenvalue weighted by Gasteiger charge is -2.31. The Bertz CT molecular complexity index is 1520. The summed E-state index contributed by atoms with van der Waals surface area (Å²) in [5.41, 5.74) is 1.75. The molecule has 0 spiro atoms. The van der Waals surface area contributed by atoms with Crippen LogP contribution in [0.25, 0.3) is 11.0 Å². The number of aromatic amines is 2. The van der Waals surface area contributed by atoms with E-state index in [9.17, 15) is 27.6 Å². The van der Waals surface area contributed by atoms with Crippen molar-refractivity contribution in [2.45, 2.75) is 37.8 Å². The van der Waals surface area contributed by atoms with Crippen LogP contribution in [-0.4, -0.2) is 44.8 Å². The zero-order chi connectivity index (χ0) is 26.9. The van der Waals surface area contributed by atoms with Crippen LogP contribution in [0.15, 0.2) is 52.6 Å². The molecule has 198 valence electrons. The van der Waals surface area contributed by atoms with E-state index in [-0.39, 0.29) is 29.8 Å². The van der Waals surface area contributed by atoms with Crippen LogP contribution >= 0.6 is 11.3 Å². The third-order valence-corrected chi connectivity index (χ3v) is 7.64. The molecule has 0 radical (unpaired) electrons. The molecule has 2 aromatic heterocycles. The smallest absolute Gasteiger partial charge is 0.343 e. The molecule has 8 nitrogen and oxygen atoms in total. The van der Waals surface area contributed by atoms with Crippen LogP contribution in [-0.2, 0) is 17.4 Å². The van der Waals surface area contributed by atoms with E-state index in [1.165, 1.54) is 23.5 Å². The third kappa shape index (κ3) is 5.80. The molecule has 4 aromatic rings. The van der Waals surface area contributed by atoms with Crippen molar-refractivity contribution in [3.8, 4) is 0 Å². The van der Waals surface area contributed by atoms with Gasteiger partial charge in [-0.25, -0.2) is 9.78 Å². The van der Waals surface area contributed by atoms with Crippen molar-refractivity contribution in [1.29, 1.82) is 0 Å². The summed E-state index contributed by atoms with van der Waals surface area (Å²) in [7, 11) is 0. The Kier molecular flexibility index (Phi) is 7.06. The number of likely N-dealkylation sites (tertiary alicyclic amines) is 1. The first kappa shape index (κ1) is 25.7. The summed E-state index contributed by atoms with van der Waals surface area (Å²) in [5.74, 6) is -0.231. The number of imidazole rings is 1. The first-order valence-electron chi connectivity index (χ1n) is 12.1. The Morgan fingerprint density at radius 3 is 2.47 bits per heavy atom. The van der Waals surface area contributed by atoms with Crippen LogP contribution in [0, 0.1) is 0 Å². The number of nitrogens with zero attached hydrogens (tertiary/aromatic N) is 2. The number of carbonyl (C=O) groups is 2. The number of aromatic nitrogens is 3. The van der Waals surface area contributed by atoms with E-state index in [1.807, 2.05) is 0 Å². The monoisotopic (exact) mass is 543 g/mol. The number of benzene rings is 2. The van der Waals surface area contributed by atoms with E-state index in [1.54, 1.807) is 28.5 Å². The molecule has 2 amide bonds. The van der Waals surface area contributed by atoms with Crippen LogP contribution in [0.5, 0.6) is 0 Å². The summed E-state index contributed by atoms with van der Waals surface area (Å²) in [4.78, 5) is 48.4. The fourth-order valence-electron chi connectivity index (χ4n) is 4.53. The number of thiazole rings is 1. The minimum absolute atomic E-state index is 0.0247. The van der Waals surface area contributed by atoms with Crippen LogP contribution < -0.4 is 11.0 Å². The predicted octanol–water partition coefficient (Wildman–Crippen LogP) is 4.92. The van der Waals surface area contributed by atoms with Crippen molar-refractivity contribution in [3.63, 3.8) is 0 Å².